The van der Waals surface area contributed by atoms with Gasteiger partial charge in [0, 0.05) is 48.6 Å². The molecule has 0 radical (unpaired) electrons. The number of hydrogen-bond acceptors (Lipinski definition) is 7. The van der Waals surface area contributed by atoms with E-state index in [1.165, 1.54) is 6.07 Å². The fourth-order valence-electron chi connectivity index (χ4n) is 5.71. The molecule has 3 aromatic rings. The number of rotatable bonds is 11. The van der Waals surface area contributed by atoms with E-state index in [1.807, 2.05) is 26.0 Å². The number of likely N-dealkylation sites (tertiary alicyclic amines) is 1. The summed E-state index contributed by atoms with van der Waals surface area (Å²) in [6, 6.07) is 11.6. The number of hydrogen-bond donors (Lipinski definition) is 2. The minimum Gasteiger partial charge on any atom is -0.383 e. The van der Waals surface area contributed by atoms with Crippen LogP contribution in [-0.4, -0.2) is 64.5 Å². The summed E-state index contributed by atoms with van der Waals surface area (Å²) >= 11 is 0. The first-order valence-electron chi connectivity index (χ1n) is 15.4. The van der Waals surface area contributed by atoms with Gasteiger partial charge in [0.05, 0.1) is 31.3 Å². The van der Waals surface area contributed by atoms with Gasteiger partial charge in [-0.25, -0.2) is 13.8 Å². The Morgan fingerprint density at radius 1 is 1.11 bits per heavy atom. The Morgan fingerprint density at radius 3 is 2.48 bits per heavy atom. The first-order chi connectivity index (χ1) is 21.9. The van der Waals surface area contributed by atoms with Crippen LogP contribution in [0.25, 0.3) is 11.1 Å². The third-order valence-corrected chi connectivity index (χ3v) is 8.46. The number of anilines is 1. The lowest BCUT2D eigenvalue weighted by Gasteiger charge is -2.39. The van der Waals surface area contributed by atoms with Crippen molar-refractivity contribution in [2.45, 2.75) is 69.5 Å². The number of carbonyl (C=O) groups excluding carboxylic acids is 2. The van der Waals surface area contributed by atoms with Gasteiger partial charge in [0.25, 0.3) is 23.3 Å². The van der Waals surface area contributed by atoms with Crippen LogP contribution in [0, 0.1) is 11.3 Å². The van der Waals surface area contributed by atoms with Crippen LogP contribution in [0.4, 0.5) is 14.6 Å². The van der Waals surface area contributed by atoms with Crippen LogP contribution in [0.15, 0.2) is 47.4 Å². The average Bonchev–Trinajstić information content (AvgIpc) is 3.92. The Morgan fingerprint density at radius 2 is 1.85 bits per heavy atom. The molecule has 2 aromatic heterocycles. The molecule has 240 valence electrons. The Bertz CT molecular complexity index is 1800. The predicted molar refractivity (Wildman–Crippen MR) is 167 cm³/mol. The highest BCUT2D eigenvalue weighted by atomic mass is 19.3. The first-order valence-corrected chi connectivity index (χ1v) is 15.4. The third kappa shape index (κ3) is 6.85. The van der Waals surface area contributed by atoms with Gasteiger partial charge >= 0.3 is 0 Å². The molecule has 6 rings (SSSR count). The van der Waals surface area contributed by atoms with Gasteiger partial charge in [0.15, 0.2) is 0 Å². The number of benzene rings is 1. The maximum atomic E-state index is 13.7. The molecular weight excluding hydrogens is 594 g/mol. The number of nitriles is 1. The van der Waals surface area contributed by atoms with E-state index >= 15 is 0 Å². The summed E-state index contributed by atoms with van der Waals surface area (Å²) in [5, 5.41) is 15.7. The smallest absolute Gasteiger partial charge is 0.282 e. The van der Waals surface area contributed by atoms with E-state index in [2.05, 4.69) is 15.6 Å². The molecule has 46 heavy (non-hydrogen) atoms. The number of nitrogens with one attached hydrogen (secondary N) is 2. The fraction of sp³-hybridized carbons (Fsp3) is 0.441. The van der Waals surface area contributed by atoms with Gasteiger partial charge < -0.3 is 24.8 Å². The van der Waals surface area contributed by atoms with Gasteiger partial charge in [-0.2, -0.15) is 5.26 Å². The second-order valence-corrected chi connectivity index (χ2v) is 13.2. The monoisotopic (exact) mass is 630 g/mol. The van der Waals surface area contributed by atoms with Gasteiger partial charge in [-0.05, 0) is 86.6 Å². The molecule has 1 aromatic carbocycles. The molecule has 0 atom stereocenters. The number of nitrogens with zero attached hydrogens (tertiary/aromatic N) is 4. The van der Waals surface area contributed by atoms with Crippen LogP contribution >= 0.6 is 0 Å². The molecule has 1 saturated heterocycles. The van der Waals surface area contributed by atoms with E-state index in [0.717, 1.165) is 36.1 Å². The summed E-state index contributed by atoms with van der Waals surface area (Å²) in [4.78, 5) is 46.2. The predicted octanol–water partition coefficient (Wildman–Crippen LogP) is 4.85. The molecule has 2 amide bonds. The van der Waals surface area contributed by atoms with Crippen molar-refractivity contribution in [2.24, 2.45) is 0 Å². The van der Waals surface area contributed by atoms with Crippen molar-refractivity contribution >= 4 is 17.6 Å². The molecule has 2 saturated carbocycles. The van der Waals surface area contributed by atoms with Gasteiger partial charge in [-0.15, -0.1) is 0 Å². The lowest BCUT2D eigenvalue weighted by atomic mass is 9.95. The highest BCUT2D eigenvalue weighted by Crippen LogP contribution is 2.42. The Kier molecular flexibility index (Phi) is 8.25. The molecule has 3 aliphatic rings. The summed E-state index contributed by atoms with van der Waals surface area (Å²) in [5.41, 5.74) is 2.07. The van der Waals surface area contributed by atoms with E-state index in [-0.39, 0.29) is 45.6 Å². The SMILES string of the molecule is COCC(C)(C)NCc1cc(C(=O)Nc2cc(-c3ccc(C#N)cc3C(=O)N3CC(F)(F)C3)cc(C3CC3)n2)c(=O)n(C2CC2)c1. The number of halogens is 2. The number of carbonyl (C=O) groups is 2. The number of aromatic nitrogens is 2. The normalized spacial score (nSPS) is 17.3. The summed E-state index contributed by atoms with van der Waals surface area (Å²) < 4.78 is 34.2. The largest absolute Gasteiger partial charge is 0.383 e. The summed E-state index contributed by atoms with van der Waals surface area (Å²) in [6.07, 6.45) is 5.34. The Hall–Kier alpha value is -4.47. The van der Waals surface area contributed by atoms with Gasteiger partial charge in [-0.1, -0.05) is 6.07 Å². The molecule has 3 fully saturated rings. The van der Waals surface area contributed by atoms with E-state index in [4.69, 9.17) is 4.74 Å². The van der Waals surface area contributed by atoms with Crippen LogP contribution in [0.3, 0.4) is 0 Å². The van der Waals surface area contributed by atoms with Crippen molar-refractivity contribution in [3.05, 3.63) is 80.9 Å². The van der Waals surface area contributed by atoms with Crippen molar-refractivity contribution in [3.8, 4) is 17.2 Å². The molecule has 0 unspecified atom stereocenters. The van der Waals surface area contributed by atoms with Crippen LogP contribution in [0.5, 0.6) is 0 Å². The van der Waals surface area contributed by atoms with E-state index < -0.39 is 30.8 Å². The number of ether oxygens (including phenoxy) is 1. The topological polar surface area (TPSA) is 129 Å². The molecule has 3 heterocycles. The highest BCUT2D eigenvalue weighted by molar-refractivity contribution is 6.05. The zero-order chi connectivity index (χ0) is 32.8. The Balaban J connectivity index is 1.33. The fourth-order valence-corrected chi connectivity index (χ4v) is 5.71. The quantitative estimate of drug-likeness (QED) is 0.310. The molecule has 0 bridgehead atoms. The second kappa shape index (κ2) is 12.0. The summed E-state index contributed by atoms with van der Waals surface area (Å²) in [7, 11) is 1.63. The maximum Gasteiger partial charge on any atom is 0.282 e. The zero-order valence-corrected chi connectivity index (χ0v) is 26.0. The van der Waals surface area contributed by atoms with Crippen molar-refractivity contribution in [1.82, 2.24) is 19.8 Å². The van der Waals surface area contributed by atoms with Crippen molar-refractivity contribution in [3.63, 3.8) is 0 Å². The maximum absolute atomic E-state index is 13.7. The molecule has 0 spiro atoms. The highest BCUT2D eigenvalue weighted by Gasteiger charge is 2.46. The van der Waals surface area contributed by atoms with Crippen molar-refractivity contribution < 1.29 is 23.1 Å². The number of pyridine rings is 2. The van der Waals surface area contributed by atoms with Gasteiger partial charge in [0.1, 0.15) is 11.4 Å². The van der Waals surface area contributed by atoms with Gasteiger partial charge in [-0.3, -0.25) is 14.4 Å². The third-order valence-electron chi connectivity index (χ3n) is 8.46. The lowest BCUT2D eigenvalue weighted by molar-refractivity contribution is -0.113. The van der Waals surface area contributed by atoms with Crippen LogP contribution in [-0.2, 0) is 11.3 Å². The minimum atomic E-state index is -2.94. The standard InChI is InChI=1S/C34H36F2N6O4/c1-33(2,19-46-3)38-15-21-11-27(32(45)42(16-21)24-7-8-24)30(43)40-29-13-23(12-28(39-29)22-5-6-22)25-9-4-20(14-37)10-26(25)31(44)41-17-34(35,36)18-41/h4,9-13,16,22,24,38H,5-8,15,17-19H2,1-3H3,(H,39,40,43). The van der Waals surface area contributed by atoms with Crippen molar-refractivity contribution in [2.75, 3.05) is 32.1 Å². The minimum absolute atomic E-state index is 0.0103. The molecule has 1 aliphatic heterocycles. The number of amides is 2. The van der Waals surface area contributed by atoms with Crippen LogP contribution in [0.2, 0.25) is 0 Å². The molecular formula is C34H36F2N6O4. The number of methoxy groups -OCH3 is 1. The van der Waals surface area contributed by atoms with Crippen LogP contribution < -0.4 is 16.2 Å². The zero-order valence-electron chi connectivity index (χ0n) is 26.0. The summed E-state index contributed by atoms with van der Waals surface area (Å²) in [5.74, 6) is -3.79. The van der Waals surface area contributed by atoms with Crippen molar-refractivity contribution in [1.29, 1.82) is 5.26 Å². The van der Waals surface area contributed by atoms with E-state index in [9.17, 15) is 28.4 Å². The molecule has 2 N–H and O–H groups in total. The van der Waals surface area contributed by atoms with Gasteiger partial charge in [0.2, 0.25) is 0 Å². The number of alkyl halides is 2. The Labute approximate surface area is 265 Å². The van der Waals surface area contributed by atoms with E-state index in [0.29, 0.717) is 30.0 Å². The van der Waals surface area contributed by atoms with Crippen LogP contribution in [0.1, 0.15) is 89.0 Å². The molecule has 2 aliphatic carbocycles. The average molecular weight is 631 g/mol. The van der Waals surface area contributed by atoms with E-state index in [1.54, 1.807) is 42.1 Å². The summed E-state index contributed by atoms with van der Waals surface area (Å²) in [6.45, 7) is 3.52. The first kappa shape index (κ1) is 31.5. The second-order valence-electron chi connectivity index (χ2n) is 13.2. The molecule has 12 heteroatoms. The lowest BCUT2D eigenvalue weighted by Crippen LogP contribution is -2.58. The molecule has 10 nitrogen and oxygen atoms in total.